The molecule has 0 atom stereocenters. The summed E-state index contributed by atoms with van der Waals surface area (Å²) in [5, 5.41) is 6.39. The number of rotatable bonds is 9. The Morgan fingerprint density at radius 3 is 2.20 bits per heavy atom. The van der Waals surface area contributed by atoms with Gasteiger partial charge in [-0.05, 0) is 74.8 Å². The minimum absolute atomic E-state index is 0.241. The van der Waals surface area contributed by atoms with Crippen LogP contribution in [0, 0.1) is 0 Å². The van der Waals surface area contributed by atoms with Gasteiger partial charge in [-0.2, -0.15) is 0 Å². The van der Waals surface area contributed by atoms with Crippen LogP contribution in [0.3, 0.4) is 0 Å². The van der Waals surface area contributed by atoms with E-state index in [1.165, 1.54) is 23.8 Å². The van der Waals surface area contributed by atoms with Crippen LogP contribution in [0.15, 0.2) is 42.5 Å². The Labute approximate surface area is 183 Å². The monoisotopic (exact) mass is 428 g/mol. The number of ether oxygens (including phenoxy) is 2. The maximum Gasteiger partial charge on any atom is 0.340 e. The fraction of sp³-hybridized carbons (Fsp3) is 0.348. The molecule has 0 saturated heterocycles. The predicted molar refractivity (Wildman–Crippen MR) is 123 cm³/mol. The van der Waals surface area contributed by atoms with Crippen molar-refractivity contribution in [2.45, 2.75) is 40.0 Å². The van der Waals surface area contributed by atoms with Crippen molar-refractivity contribution in [1.82, 2.24) is 0 Å². The number of thiocarbonyl (C=S) groups is 1. The van der Waals surface area contributed by atoms with Gasteiger partial charge in [0.1, 0.15) is 0 Å². The summed E-state index contributed by atoms with van der Waals surface area (Å²) in [6.45, 7) is 6.13. The minimum Gasteiger partial charge on any atom is -0.462 e. The van der Waals surface area contributed by atoms with E-state index in [4.69, 9.17) is 21.7 Å². The molecule has 2 rings (SSSR count). The van der Waals surface area contributed by atoms with Gasteiger partial charge in [-0.1, -0.05) is 25.5 Å². The minimum atomic E-state index is -0.501. The van der Waals surface area contributed by atoms with Crippen LogP contribution in [0.25, 0.3) is 0 Å². The van der Waals surface area contributed by atoms with E-state index in [0.29, 0.717) is 16.4 Å². The molecule has 30 heavy (non-hydrogen) atoms. The molecule has 0 spiro atoms. The Balaban J connectivity index is 2.16. The van der Waals surface area contributed by atoms with Gasteiger partial charge in [-0.25, -0.2) is 9.59 Å². The van der Waals surface area contributed by atoms with Gasteiger partial charge < -0.3 is 20.1 Å². The smallest absolute Gasteiger partial charge is 0.340 e. The van der Waals surface area contributed by atoms with Gasteiger partial charge in [0.05, 0.1) is 30.0 Å². The van der Waals surface area contributed by atoms with E-state index >= 15 is 0 Å². The largest absolute Gasteiger partial charge is 0.462 e. The van der Waals surface area contributed by atoms with Crippen molar-refractivity contribution in [2.75, 3.05) is 23.8 Å². The van der Waals surface area contributed by atoms with Crippen LogP contribution in [0.1, 0.15) is 59.9 Å². The lowest BCUT2D eigenvalue weighted by atomic mass is 10.1. The summed E-state index contributed by atoms with van der Waals surface area (Å²) in [5.74, 6) is -0.976. The maximum absolute atomic E-state index is 12.3. The molecule has 6 nitrogen and oxygen atoms in total. The van der Waals surface area contributed by atoms with E-state index in [0.717, 1.165) is 24.9 Å². The van der Waals surface area contributed by atoms with Crippen LogP contribution < -0.4 is 10.6 Å². The highest BCUT2D eigenvalue weighted by Gasteiger charge is 2.17. The summed E-state index contributed by atoms with van der Waals surface area (Å²) in [5.41, 5.74) is 3.07. The molecule has 0 aromatic heterocycles. The fourth-order valence-corrected chi connectivity index (χ4v) is 3.02. The number of carbonyl (C=O) groups is 2. The average molecular weight is 429 g/mol. The molecule has 160 valence electrons. The van der Waals surface area contributed by atoms with Crippen LogP contribution >= 0.6 is 12.2 Å². The molecule has 0 fully saturated rings. The first-order valence-electron chi connectivity index (χ1n) is 10.1. The summed E-state index contributed by atoms with van der Waals surface area (Å²) >= 11 is 5.40. The molecule has 0 aliphatic heterocycles. The predicted octanol–water partition coefficient (Wildman–Crippen LogP) is 5.19. The molecule has 7 heteroatoms. The van der Waals surface area contributed by atoms with Gasteiger partial charge in [0, 0.05) is 5.69 Å². The molecule has 2 N–H and O–H groups in total. The van der Waals surface area contributed by atoms with E-state index in [1.807, 2.05) is 12.1 Å². The molecular weight excluding hydrogens is 400 g/mol. The van der Waals surface area contributed by atoms with Gasteiger partial charge >= 0.3 is 11.9 Å². The van der Waals surface area contributed by atoms with Crippen LogP contribution in [0.4, 0.5) is 11.4 Å². The number of nitrogens with one attached hydrogen (secondary N) is 2. The van der Waals surface area contributed by atoms with E-state index in [2.05, 4.69) is 29.7 Å². The van der Waals surface area contributed by atoms with Crippen molar-refractivity contribution in [1.29, 1.82) is 0 Å². The zero-order valence-corrected chi connectivity index (χ0v) is 18.4. The van der Waals surface area contributed by atoms with Crippen molar-refractivity contribution >= 4 is 40.6 Å². The summed E-state index contributed by atoms with van der Waals surface area (Å²) in [6, 6.07) is 12.6. The van der Waals surface area contributed by atoms with Crippen molar-refractivity contribution in [3.05, 3.63) is 59.2 Å². The van der Waals surface area contributed by atoms with Crippen molar-refractivity contribution in [3.63, 3.8) is 0 Å². The van der Waals surface area contributed by atoms with Gasteiger partial charge in [0.2, 0.25) is 0 Å². The molecule has 0 bridgehead atoms. The van der Waals surface area contributed by atoms with Gasteiger partial charge in [0.15, 0.2) is 5.11 Å². The van der Waals surface area contributed by atoms with E-state index in [1.54, 1.807) is 13.8 Å². The zero-order chi connectivity index (χ0) is 21.9. The number of carbonyl (C=O) groups excluding carboxylic acids is 2. The molecule has 2 aromatic rings. The Kier molecular flexibility index (Phi) is 9.28. The normalized spacial score (nSPS) is 10.2. The lowest BCUT2D eigenvalue weighted by molar-refractivity contribution is 0.0512. The van der Waals surface area contributed by atoms with Gasteiger partial charge in [-0.15, -0.1) is 0 Å². The molecule has 2 aromatic carbocycles. The molecule has 0 amide bonds. The van der Waals surface area contributed by atoms with Gasteiger partial charge in [-0.3, -0.25) is 0 Å². The third kappa shape index (κ3) is 6.84. The molecule has 0 aliphatic carbocycles. The number of benzene rings is 2. The third-order valence-corrected chi connectivity index (χ3v) is 4.51. The summed E-state index contributed by atoms with van der Waals surface area (Å²) in [7, 11) is 0. The van der Waals surface area contributed by atoms with E-state index < -0.39 is 11.9 Å². The molecule has 0 radical (unpaired) electrons. The highest BCUT2D eigenvalue weighted by Crippen LogP contribution is 2.21. The van der Waals surface area contributed by atoms with Crippen molar-refractivity contribution in [3.8, 4) is 0 Å². The van der Waals surface area contributed by atoms with Crippen molar-refractivity contribution < 1.29 is 19.1 Å². The maximum atomic E-state index is 12.3. The van der Waals surface area contributed by atoms with Crippen LogP contribution in [-0.4, -0.2) is 30.3 Å². The first kappa shape index (κ1) is 23.3. The molecular formula is C23H28N2O4S. The summed E-state index contributed by atoms with van der Waals surface area (Å²) in [6.07, 6.45) is 3.35. The Bertz CT molecular complexity index is 881. The van der Waals surface area contributed by atoms with Crippen LogP contribution in [-0.2, 0) is 15.9 Å². The first-order valence-corrected chi connectivity index (χ1v) is 10.5. The third-order valence-electron chi connectivity index (χ3n) is 4.31. The number of hydrogen-bond donors (Lipinski definition) is 2. The molecule has 0 aliphatic rings. The Morgan fingerprint density at radius 2 is 1.57 bits per heavy atom. The number of unbranched alkanes of at least 4 members (excludes halogenated alkanes) is 1. The zero-order valence-electron chi connectivity index (χ0n) is 17.6. The number of hydrogen-bond acceptors (Lipinski definition) is 5. The molecule has 0 saturated carbocycles. The second kappa shape index (κ2) is 11.9. The highest BCUT2D eigenvalue weighted by atomic mass is 32.1. The SMILES string of the molecule is CCCCc1ccc(NC(=S)Nc2cc(C(=O)OCC)ccc2C(=O)OCC)cc1. The summed E-state index contributed by atoms with van der Waals surface area (Å²) < 4.78 is 10.1. The Hall–Kier alpha value is -2.93. The number of anilines is 2. The molecule has 0 heterocycles. The second-order valence-corrected chi connectivity index (χ2v) is 6.99. The highest BCUT2D eigenvalue weighted by molar-refractivity contribution is 7.80. The van der Waals surface area contributed by atoms with E-state index in [-0.39, 0.29) is 18.8 Å². The summed E-state index contributed by atoms with van der Waals surface area (Å²) in [4.78, 5) is 24.4. The lowest BCUT2D eigenvalue weighted by Gasteiger charge is -2.15. The second-order valence-electron chi connectivity index (χ2n) is 6.58. The van der Waals surface area contributed by atoms with E-state index in [9.17, 15) is 9.59 Å². The quantitative estimate of drug-likeness (QED) is 0.420. The topological polar surface area (TPSA) is 76.7 Å². The molecule has 0 unspecified atom stereocenters. The average Bonchev–Trinajstić information content (AvgIpc) is 2.73. The number of aryl methyl sites for hydroxylation is 1. The van der Waals surface area contributed by atoms with Gasteiger partial charge in [0.25, 0.3) is 0 Å². The van der Waals surface area contributed by atoms with Crippen LogP contribution in [0.2, 0.25) is 0 Å². The lowest BCUT2D eigenvalue weighted by Crippen LogP contribution is -2.21. The first-order chi connectivity index (χ1) is 14.5. The fourth-order valence-electron chi connectivity index (χ4n) is 2.80. The Morgan fingerprint density at radius 1 is 0.900 bits per heavy atom. The van der Waals surface area contributed by atoms with Crippen molar-refractivity contribution in [2.24, 2.45) is 0 Å². The standard InChI is InChI=1S/C23H28N2O4S/c1-4-7-8-16-9-12-18(13-10-16)24-23(30)25-20-15-17(21(26)28-5-2)11-14-19(20)22(27)29-6-3/h9-15H,4-8H2,1-3H3,(H2,24,25,30). The van der Waals surface area contributed by atoms with Crippen LogP contribution in [0.5, 0.6) is 0 Å². The number of esters is 2.